The molecular formula is C14H17N3O. The van der Waals surface area contributed by atoms with E-state index in [-0.39, 0.29) is 0 Å². The summed E-state index contributed by atoms with van der Waals surface area (Å²) in [5.41, 5.74) is 2.07. The highest BCUT2D eigenvalue weighted by atomic mass is 16.5. The van der Waals surface area contributed by atoms with Crippen LogP contribution in [0.2, 0.25) is 0 Å². The SMILES string of the molecule is COc1cc(N[C@H]2CCNC2)c2cccnc2c1. The standard InChI is InChI=1S/C14H17N3O/c1-18-11-7-13-12(3-2-5-16-13)14(8-11)17-10-4-6-15-9-10/h2-3,5,7-8,10,15,17H,4,6,9H2,1H3/t10-/m0/s1. The van der Waals surface area contributed by atoms with Gasteiger partial charge in [0.2, 0.25) is 0 Å². The molecule has 94 valence electrons. The number of hydrogen-bond donors (Lipinski definition) is 2. The minimum absolute atomic E-state index is 0.487. The largest absolute Gasteiger partial charge is 0.497 e. The first-order chi connectivity index (χ1) is 8.86. The van der Waals surface area contributed by atoms with E-state index in [1.54, 1.807) is 7.11 Å². The molecule has 0 unspecified atom stereocenters. The molecule has 1 saturated heterocycles. The van der Waals surface area contributed by atoms with E-state index in [9.17, 15) is 0 Å². The smallest absolute Gasteiger partial charge is 0.123 e. The second-order valence-corrected chi connectivity index (χ2v) is 4.58. The van der Waals surface area contributed by atoms with Crippen molar-refractivity contribution in [2.75, 3.05) is 25.5 Å². The van der Waals surface area contributed by atoms with E-state index in [1.165, 1.54) is 0 Å². The molecule has 0 amide bonds. The molecule has 0 bridgehead atoms. The molecule has 1 aromatic carbocycles. The van der Waals surface area contributed by atoms with E-state index in [2.05, 4.69) is 21.7 Å². The molecule has 4 heteroatoms. The second kappa shape index (κ2) is 4.82. The van der Waals surface area contributed by atoms with E-state index >= 15 is 0 Å². The van der Waals surface area contributed by atoms with Crippen LogP contribution in [0.15, 0.2) is 30.5 Å². The summed E-state index contributed by atoms with van der Waals surface area (Å²) >= 11 is 0. The molecule has 0 spiro atoms. The third kappa shape index (κ3) is 2.11. The van der Waals surface area contributed by atoms with Crippen molar-refractivity contribution in [3.05, 3.63) is 30.5 Å². The van der Waals surface area contributed by atoms with Crippen molar-refractivity contribution in [1.29, 1.82) is 0 Å². The van der Waals surface area contributed by atoms with Gasteiger partial charge >= 0.3 is 0 Å². The Balaban J connectivity index is 2.01. The molecule has 1 aliphatic heterocycles. The Morgan fingerprint density at radius 3 is 3.17 bits per heavy atom. The lowest BCUT2D eigenvalue weighted by Gasteiger charge is -2.16. The second-order valence-electron chi connectivity index (χ2n) is 4.58. The molecule has 1 aromatic heterocycles. The van der Waals surface area contributed by atoms with Crippen molar-refractivity contribution in [2.24, 2.45) is 0 Å². The number of anilines is 1. The monoisotopic (exact) mass is 243 g/mol. The Bertz CT molecular complexity index is 550. The lowest BCUT2D eigenvalue weighted by Crippen LogP contribution is -2.22. The van der Waals surface area contributed by atoms with Gasteiger partial charge in [-0.1, -0.05) is 0 Å². The molecular weight excluding hydrogens is 226 g/mol. The van der Waals surface area contributed by atoms with Crippen LogP contribution < -0.4 is 15.4 Å². The van der Waals surface area contributed by atoms with Gasteiger partial charge in [-0.3, -0.25) is 4.98 Å². The summed E-state index contributed by atoms with van der Waals surface area (Å²) < 4.78 is 5.33. The normalized spacial score (nSPS) is 19.1. The maximum atomic E-state index is 5.33. The van der Waals surface area contributed by atoms with Gasteiger partial charge < -0.3 is 15.4 Å². The molecule has 3 rings (SSSR count). The first kappa shape index (κ1) is 11.3. The van der Waals surface area contributed by atoms with Crippen molar-refractivity contribution < 1.29 is 4.74 Å². The highest BCUT2D eigenvalue weighted by Crippen LogP contribution is 2.28. The molecule has 0 aliphatic carbocycles. The van der Waals surface area contributed by atoms with Gasteiger partial charge in [0.15, 0.2) is 0 Å². The quantitative estimate of drug-likeness (QED) is 0.865. The van der Waals surface area contributed by atoms with Gasteiger partial charge in [0.1, 0.15) is 5.75 Å². The predicted octanol–water partition coefficient (Wildman–Crippen LogP) is 2.02. The minimum Gasteiger partial charge on any atom is -0.497 e. The van der Waals surface area contributed by atoms with Gasteiger partial charge in [0.25, 0.3) is 0 Å². The van der Waals surface area contributed by atoms with Crippen LogP contribution in [-0.2, 0) is 0 Å². The zero-order chi connectivity index (χ0) is 12.4. The third-order valence-corrected chi connectivity index (χ3v) is 3.35. The zero-order valence-corrected chi connectivity index (χ0v) is 10.4. The summed E-state index contributed by atoms with van der Waals surface area (Å²) in [6, 6.07) is 8.55. The maximum absolute atomic E-state index is 5.33. The number of nitrogens with one attached hydrogen (secondary N) is 2. The van der Waals surface area contributed by atoms with Crippen LogP contribution in [0, 0.1) is 0 Å². The average molecular weight is 243 g/mol. The summed E-state index contributed by atoms with van der Waals surface area (Å²) in [6.07, 6.45) is 2.96. The molecule has 1 atom stereocenters. The van der Waals surface area contributed by atoms with Crippen LogP contribution >= 0.6 is 0 Å². The summed E-state index contributed by atoms with van der Waals surface area (Å²) in [4.78, 5) is 4.39. The molecule has 2 aromatic rings. The van der Waals surface area contributed by atoms with Crippen LogP contribution in [0.1, 0.15) is 6.42 Å². The fourth-order valence-corrected chi connectivity index (χ4v) is 2.39. The summed E-state index contributed by atoms with van der Waals surface area (Å²) in [7, 11) is 1.69. The van der Waals surface area contributed by atoms with Crippen molar-refractivity contribution in [3.8, 4) is 5.75 Å². The number of benzene rings is 1. The Labute approximate surface area is 106 Å². The first-order valence-electron chi connectivity index (χ1n) is 6.27. The molecule has 18 heavy (non-hydrogen) atoms. The van der Waals surface area contributed by atoms with Gasteiger partial charge in [-0.15, -0.1) is 0 Å². The molecule has 0 radical (unpaired) electrons. The minimum atomic E-state index is 0.487. The zero-order valence-electron chi connectivity index (χ0n) is 10.4. The van der Waals surface area contributed by atoms with Gasteiger partial charge in [-0.05, 0) is 25.1 Å². The van der Waals surface area contributed by atoms with E-state index in [0.29, 0.717) is 6.04 Å². The molecule has 1 fully saturated rings. The van der Waals surface area contributed by atoms with Crippen molar-refractivity contribution in [2.45, 2.75) is 12.5 Å². The van der Waals surface area contributed by atoms with Gasteiger partial charge in [0.05, 0.1) is 12.6 Å². The molecule has 2 heterocycles. The average Bonchev–Trinajstić information content (AvgIpc) is 2.91. The molecule has 0 saturated carbocycles. The number of fused-ring (bicyclic) bond motifs is 1. The fourth-order valence-electron chi connectivity index (χ4n) is 2.39. The predicted molar refractivity (Wildman–Crippen MR) is 73.2 cm³/mol. The van der Waals surface area contributed by atoms with E-state index in [0.717, 1.165) is 41.9 Å². The van der Waals surface area contributed by atoms with Crippen LogP contribution in [-0.4, -0.2) is 31.2 Å². The Kier molecular flexibility index (Phi) is 3.02. The van der Waals surface area contributed by atoms with Crippen molar-refractivity contribution in [1.82, 2.24) is 10.3 Å². The number of methoxy groups -OCH3 is 1. The Morgan fingerprint density at radius 1 is 1.44 bits per heavy atom. The number of aromatic nitrogens is 1. The summed E-state index contributed by atoms with van der Waals surface area (Å²) in [5.74, 6) is 0.842. The third-order valence-electron chi connectivity index (χ3n) is 3.35. The van der Waals surface area contributed by atoms with Gasteiger partial charge in [-0.25, -0.2) is 0 Å². The van der Waals surface area contributed by atoms with E-state index in [1.807, 2.05) is 24.4 Å². The Morgan fingerprint density at radius 2 is 2.39 bits per heavy atom. The highest BCUT2D eigenvalue weighted by Gasteiger charge is 2.15. The van der Waals surface area contributed by atoms with Crippen molar-refractivity contribution in [3.63, 3.8) is 0 Å². The van der Waals surface area contributed by atoms with E-state index < -0.39 is 0 Å². The van der Waals surface area contributed by atoms with Crippen LogP contribution in [0.25, 0.3) is 10.9 Å². The number of rotatable bonds is 3. The summed E-state index contributed by atoms with van der Waals surface area (Å²) in [6.45, 7) is 2.09. The Hall–Kier alpha value is -1.81. The van der Waals surface area contributed by atoms with Gasteiger partial charge in [-0.2, -0.15) is 0 Å². The number of nitrogens with zero attached hydrogens (tertiary/aromatic N) is 1. The number of ether oxygens (including phenoxy) is 1. The topological polar surface area (TPSA) is 46.2 Å². The van der Waals surface area contributed by atoms with E-state index in [4.69, 9.17) is 4.74 Å². The first-order valence-corrected chi connectivity index (χ1v) is 6.27. The lowest BCUT2D eigenvalue weighted by molar-refractivity contribution is 0.415. The van der Waals surface area contributed by atoms with Gasteiger partial charge in [0, 0.05) is 42.0 Å². The highest BCUT2D eigenvalue weighted by molar-refractivity contribution is 5.92. The molecule has 4 nitrogen and oxygen atoms in total. The van der Waals surface area contributed by atoms with Crippen molar-refractivity contribution >= 4 is 16.6 Å². The number of hydrogen-bond acceptors (Lipinski definition) is 4. The fraction of sp³-hybridized carbons (Fsp3) is 0.357. The number of pyridine rings is 1. The maximum Gasteiger partial charge on any atom is 0.123 e. The lowest BCUT2D eigenvalue weighted by atomic mass is 10.1. The molecule has 1 aliphatic rings. The van der Waals surface area contributed by atoms with Crippen LogP contribution in [0.4, 0.5) is 5.69 Å². The molecule has 2 N–H and O–H groups in total. The van der Waals surface area contributed by atoms with Crippen LogP contribution in [0.3, 0.4) is 0 Å². The summed E-state index contributed by atoms with van der Waals surface area (Å²) in [5, 5.41) is 8.08. The van der Waals surface area contributed by atoms with Crippen LogP contribution in [0.5, 0.6) is 5.75 Å².